The number of aliphatic carboxylic acids is 1. The summed E-state index contributed by atoms with van der Waals surface area (Å²) in [5.41, 5.74) is -1.14. The van der Waals surface area contributed by atoms with Crippen molar-refractivity contribution in [3.63, 3.8) is 0 Å². The summed E-state index contributed by atoms with van der Waals surface area (Å²) in [6.07, 6.45) is 5.39. The minimum atomic E-state index is -1.31. The van der Waals surface area contributed by atoms with Crippen LogP contribution in [0.25, 0.3) is 4.96 Å². The summed E-state index contributed by atoms with van der Waals surface area (Å²) in [5, 5.41) is 12.3. The normalized spacial score (nSPS) is 17.2. The Balaban J connectivity index is 1.99. The van der Waals surface area contributed by atoms with E-state index in [1.165, 1.54) is 21.9 Å². The third kappa shape index (κ3) is 3.06. The SMILES string of the molecule is Cc1sc2ncc(C(=O)NC3(C(=O)O)CCCCCC3)c(=O)n2c1C. The molecule has 2 aromatic rings. The Hall–Kier alpha value is -2.22. The van der Waals surface area contributed by atoms with Crippen molar-refractivity contribution in [3.8, 4) is 0 Å². The quantitative estimate of drug-likeness (QED) is 0.815. The van der Waals surface area contributed by atoms with E-state index in [1.54, 1.807) is 6.92 Å². The summed E-state index contributed by atoms with van der Waals surface area (Å²) < 4.78 is 1.41. The first-order chi connectivity index (χ1) is 11.9. The molecule has 0 bridgehead atoms. The molecule has 0 atom stereocenters. The van der Waals surface area contributed by atoms with E-state index in [4.69, 9.17) is 0 Å². The molecule has 0 radical (unpaired) electrons. The number of hydrogen-bond donors (Lipinski definition) is 2. The fraction of sp³-hybridized carbons (Fsp3) is 0.529. The fourth-order valence-electron chi connectivity index (χ4n) is 3.34. The minimum absolute atomic E-state index is 0.122. The van der Waals surface area contributed by atoms with E-state index >= 15 is 0 Å². The third-order valence-electron chi connectivity index (χ3n) is 4.98. The number of carboxylic acid groups (broad SMARTS) is 1. The maximum atomic E-state index is 12.7. The second kappa shape index (κ2) is 6.59. The average Bonchev–Trinajstić information content (AvgIpc) is 2.74. The smallest absolute Gasteiger partial charge is 0.329 e. The summed E-state index contributed by atoms with van der Waals surface area (Å²) in [5.74, 6) is -1.71. The number of amides is 1. The molecule has 2 N–H and O–H groups in total. The van der Waals surface area contributed by atoms with Gasteiger partial charge in [-0.05, 0) is 26.7 Å². The topological polar surface area (TPSA) is 101 Å². The Bertz CT molecular complexity index is 891. The van der Waals surface area contributed by atoms with Gasteiger partial charge in [-0.1, -0.05) is 25.7 Å². The highest BCUT2D eigenvalue weighted by molar-refractivity contribution is 7.17. The van der Waals surface area contributed by atoms with Gasteiger partial charge in [0.15, 0.2) is 4.96 Å². The average molecular weight is 363 g/mol. The van der Waals surface area contributed by atoms with Gasteiger partial charge in [0.2, 0.25) is 0 Å². The summed E-state index contributed by atoms with van der Waals surface area (Å²) in [4.78, 5) is 42.9. The van der Waals surface area contributed by atoms with E-state index in [0.717, 1.165) is 36.3 Å². The summed E-state index contributed by atoms with van der Waals surface area (Å²) in [7, 11) is 0. The first kappa shape index (κ1) is 17.6. The van der Waals surface area contributed by atoms with Gasteiger partial charge in [-0.3, -0.25) is 14.0 Å². The molecule has 8 heteroatoms. The molecule has 3 rings (SSSR count). The van der Waals surface area contributed by atoms with Crippen molar-refractivity contribution in [1.82, 2.24) is 14.7 Å². The number of fused-ring (bicyclic) bond motifs is 1. The van der Waals surface area contributed by atoms with Crippen LogP contribution < -0.4 is 10.9 Å². The van der Waals surface area contributed by atoms with Crippen molar-refractivity contribution in [3.05, 3.63) is 32.7 Å². The lowest BCUT2D eigenvalue weighted by Crippen LogP contribution is -2.55. The van der Waals surface area contributed by atoms with Crippen molar-refractivity contribution in [2.24, 2.45) is 0 Å². The van der Waals surface area contributed by atoms with Gasteiger partial charge in [0.25, 0.3) is 11.5 Å². The molecular weight excluding hydrogens is 342 g/mol. The van der Waals surface area contributed by atoms with Crippen molar-refractivity contribution in [2.45, 2.75) is 57.9 Å². The lowest BCUT2D eigenvalue weighted by atomic mass is 9.90. The maximum Gasteiger partial charge on any atom is 0.329 e. The summed E-state index contributed by atoms with van der Waals surface area (Å²) in [6.45, 7) is 3.69. The molecule has 2 aromatic heterocycles. The van der Waals surface area contributed by atoms with Crippen LogP contribution in [0.1, 0.15) is 59.5 Å². The van der Waals surface area contributed by atoms with E-state index in [0.29, 0.717) is 17.8 Å². The van der Waals surface area contributed by atoms with Crippen molar-refractivity contribution >= 4 is 28.2 Å². The second-order valence-electron chi connectivity index (χ2n) is 6.59. The molecule has 0 spiro atoms. The van der Waals surface area contributed by atoms with E-state index in [1.807, 2.05) is 6.92 Å². The molecule has 0 unspecified atom stereocenters. The van der Waals surface area contributed by atoms with Crippen molar-refractivity contribution in [2.75, 3.05) is 0 Å². The first-order valence-corrected chi connectivity index (χ1v) is 9.21. The summed E-state index contributed by atoms with van der Waals surface area (Å²) >= 11 is 1.38. The number of aryl methyl sites for hydroxylation is 2. The highest BCUT2D eigenvalue weighted by Gasteiger charge is 2.40. The Labute approximate surface area is 148 Å². The molecule has 0 aliphatic heterocycles. The standard InChI is InChI=1S/C17H21N3O4S/c1-10-11(2)25-16-18-9-12(14(22)20(10)16)13(21)19-17(15(23)24)7-5-3-4-6-8-17/h9H,3-8H2,1-2H3,(H,19,21)(H,23,24). The van der Waals surface area contributed by atoms with Gasteiger partial charge in [-0.2, -0.15) is 0 Å². The number of thiazole rings is 1. The number of nitrogens with zero attached hydrogens (tertiary/aromatic N) is 2. The Kier molecular flexibility index (Phi) is 4.64. The molecular formula is C17H21N3O4S. The Morgan fingerprint density at radius 2 is 1.88 bits per heavy atom. The molecule has 7 nitrogen and oxygen atoms in total. The van der Waals surface area contributed by atoms with Crippen LogP contribution in [-0.4, -0.2) is 31.9 Å². The van der Waals surface area contributed by atoms with Gasteiger partial charge in [0.05, 0.1) is 0 Å². The zero-order valence-corrected chi connectivity index (χ0v) is 15.1. The van der Waals surface area contributed by atoms with E-state index < -0.39 is 23.0 Å². The number of hydrogen-bond acceptors (Lipinski definition) is 5. The van der Waals surface area contributed by atoms with Gasteiger partial charge in [0.1, 0.15) is 11.1 Å². The van der Waals surface area contributed by atoms with Gasteiger partial charge in [0, 0.05) is 16.8 Å². The van der Waals surface area contributed by atoms with E-state index in [-0.39, 0.29) is 5.56 Å². The Morgan fingerprint density at radius 1 is 1.24 bits per heavy atom. The summed E-state index contributed by atoms with van der Waals surface area (Å²) in [6, 6.07) is 0. The highest BCUT2D eigenvalue weighted by Crippen LogP contribution is 2.28. The van der Waals surface area contributed by atoms with Crippen molar-refractivity contribution in [1.29, 1.82) is 0 Å². The number of aromatic nitrogens is 2. The molecule has 1 fully saturated rings. The molecule has 1 saturated carbocycles. The molecule has 2 heterocycles. The largest absolute Gasteiger partial charge is 0.480 e. The maximum absolute atomic E-state index is 12.7. The van der Waals surface area contributed by atoms with Crippen LogP contribution in [0.15, 0.2) is 11.0 Å². The van der Waals surface area contributed by atoms with E-state index in [9.17, 15) is 19.5 Å². The predicted octanol–water partition coefficient (Wildman–Crippen LogP) is 2.28. The van der Waals surface area contributed by atoms with Crippen LogP contribution in [0.4, 0.5) is 0 Å². The minimum Gasteiger partial charge on any atom is -0.480 e. The second-order valence-corrected chi connectivity index (χ2v) is 7.78. The lowest BCUT2D eigenvalue weighted by Gasteiger charge is -2.29. The molecule has 134 valence electrons. The Morgan fingerprint density at radius 3 is 2.48 bits per heavy atom. The molecule has 1 aliphatic carbocycles. The zero-order chi connectivity index (χ0) is 18.2. The fourth-order valence-corrected chi connectivity index (χ4v) is 4.27. The van der Waals surface area contributed by atoms with Crippen LogP contribution in [0.2, 0.25) is 0 Å². The van der Waals surface area contributed by atoms with Crippen molar-refractivity contribution < 1.29 is 14.7 Å². The number of carboxylic acids is 1. The van der Waals surface area contributed by atoms with Gasteiger partial charge in [-0.15, -0.1) is 11.3 Å². The number of rotatable bonds is 3. The molecule has 25 heavy (non-hydrogen) atoms. The van der Waals surface area contributed by atoms with Gasteiger partial charge in [-0.25, -0.2) is 9.78 Å². The number of carbonyl (C=O) groups is 2. The van der Waals surface area contributed by atoms with Crippen LogP contribution in [0.5, 0.6) is 0 Å². The first-order valence-electron chi connectivity index (χ1n) is 8.39. The number of carbonyl (C=O) groups excluding carboxylic acids is 1. The third-order valence-corrected chi connectivity index (χ3v) is 6.05. The monoisotopic (exact) mass is 363 g/mol. The molecule has 0 aromatic carbocycles. The predicted molar refractivity (Wildman–Crippen MR) is 94.3 cm³/mol. The zero-order valence-electron chi connectivity index (χ0n) is 14.3. The molecule has 1 amide bonds. The van der Waals surface area contributed by atoms with Crippen LogP contribution in [-0.2, 0) is 4.79 Å². The molecule has 1 aliphatic rings. The van der Waals surface area contributed by atoms with Crippen LogP contribution in [0, 0.1) is 13.8 Å². The molecule has 0 saturated heterocycles. The number of nitrogens with one attached hydrogen (secondary N) is 1. The van der Waals surface area contributed by atoms with Gasteiger partial charge < -0.3 is 10.4 Å². The van der Waals surface area contributed by atoms with Crippen LogP contribution in [0.3, 0.4) is 0 Å². The van der Waals surface area contributed by atoms with Gasteiger partial charge >= 0.3 is 5.97 Å². The van der Waals surface area contributed by atoms with Crippen LogP contribution >= 0.6 is 11.3 Å². The highest BCUT2D eigenvalue weighted by atomic mass is 32.1. The van der Waals surface area contributed by atoms with E-state index in [2.05, 4.69) is 10.3 Å². The lowest BCUT2D eigenvalue weighted by molar-refractivity contribution is -0.145.